The van der Waals surface area contributed by atoms with Gasteiger partial charge < -0.3 is 14.6 Å². The maximum Gasteiger partial charge on any atom is 0.424 e. The lowest BCUT2D eigenvalue weighted by Gasteiger charge is -2.41. The number of carbonyl (C=O) groups excluding carboxylic acids is 3. The summed E-state index contributed by atoms with van der Waals surface area (Å²) in [6, 6.07) is 9.70. The number of pyridine rings is 1. The lowest BCUT2D eigenvalue weighted by molar-refractivity contribution is -0.155. The fraction of sp³-hybridized carbons (Fsp3) is 0.417. The van der Waals surface area contributed by atoms with Crippen LogP contribution < -0.4 is 9.47 Å². The number of hydrogen-bond donors (Lipinski definition) is 1. The Morgan fingerprint density at radius 1 is 1.06 bits per heavy atom. The number of fused-ring (bicyclic) bond motifs is 3. The van der Waals surface area contributed by atoms with Crippen LogP contribution in [-0.4, -0.2) is 57.9 Å². The van der Waals surface area contributed by atoms with Crippen LogP contribution in [0.15, 0.2) is 30.3 Å². The number of aromatic nitrogens is 1. The first-order valence-electron chi connectivity index (χ1n) is 10.9. The largest absolute Gasteiger partial charge is 0.424 e. The van der Waals surface area contributed by atoms with Gasteiger partial charge in [-0.15, -0.1) is 0 Å². The summed E-state index contributed by atoms with van der Waals surface area (Å²) in [7, 11) is 0. The van der Waals surface area contributed by atoms with E-state index in [-0.39, 0.29) is 34.9 Å². The second-order valence-corrected chi connectivity index (χ2v) is 8.71. The highest BCUT2D eigenvalue weighted by Crippen LogP contribution is 2.36. The number of benzene rings is 1. The lowest BCUT2D eigenvalue weighted by Crippen LogP contribution is -2.51. The number of Topliss-reactive ketones (excluding diaryl/α,β-unsaturated/α-hetero) is 1. The number of carbonyl (C=O) groups is 3. The minimum Gasteiger partial charge on any atom is -0.417 e. The molecule has 1 fully saturated rings. The molecule has 5 rings (SSSR count). The third-order valence-corrected chi connectivity index (χ3v) is 6.67. The van der Waals surface area contributed by atoms with Gasteiger partial charge in [0.15, 0.2) is 5.78 Å². The van der Waals surface area contributed by atoms with Gasteiger partial charge in [-0.05, 0) is 50.4 Å². The van der Waals surface area contributed by atoms with E-state index >= 15 is 0 Å². The number of piperidine rings is 1. The Hall–Kier alpha value is -3.10. The predicted octanol–water partition coefficient (Wildman–Crippen LogP) is 1.64. The average Bonchev–Trinajstić information content (AvgIpc) is 2.85. The summed E-state index contributed by atoms with van der Waals surface area (Å²) in [6.45, 7) is 3.01. The first kappa shape index (κ1) is 20.8. The van der Waals surface area contributed by atoms with Crippen molar-refractivity contribution in [1.29, 1.82) is 0 Å². The summed E-state index contributed by atoms with van der Waals surface area (Å²) < 4.78 is 10.1. The number of aryl methyl sites for hydroxylation is 1. The summed E-state index contributed by atoms with van der Waals surface area (Å²) in [6.07, 6.45) is 2.18. The second kappa shape index (κ2) is 8.11. The number of hydrogen-bond acceptors (Lipinski definition) is 8. The van der Waals surface area contributed by atoms with Gasteiger partial charge in [-0.2, -0.15) is 0 Å². The molecule has 3 heterocycles. The normalized spacial score (nSPS) is 23.7. The molecule has 166 valence electrons. The van der Waals surface area contributed by atoms with Crippen molar-refractivity contribution in [2.75, 3.05) is 13.1 Å². The predicted molar refractivity (Wildman–Crippen MR) is 113 cm³/mol. The highest BCUT2D eigenvalue weighted by molar-refractivity contribution is 6.31. The Kier molecular flexibility index (Phi) is 5.27. The molecule has 2 aliphatic heterocycles. The maximum absolute atomic E-state index is 13.3. The molecule has 2 unspecified atom stereocenters. The number of likely N-dealkylation sites (tertiary alicyclic amines) is 1. The molecule has 2 aromatic rings. The van der Waals surface area contributed by atoms with E-state index in [1.807, 2.05) is 12.1 Å². The molecule has 1 aromatic carbocycles. The van der Waals surface area contributed by atoms with E-state index < -0.39 is 18.0 Å². The van der Waals surface area contributed by atoms with Crippen LogP contribution in [0.2, 0.25) is 0 Å². The summed E-state index contributed by atoms with van der Waals surface area (Å²) in [5.74, 6) is -3.04. The quantitative estimate of drug-likeness (QED) is 0.440. The third kappa shape index (κ3) is 3.69. The molecule has 3 aliphatic rings. The van der Waals surface area contributed by atoms with Crippen LogP contribution in [0.3, 0.4) is 0 Å². The van der Waals surface area contributed by atoms with Crippen molar-refractivity contribution in [3.63, 3.8) is 0 Å². The molecule has 8 heteroatoms. The SMILES string of the molecule is Cc1cc2c(C(=O)C3CCN(C4Cc5ccccc5CC4O)CC3)c(n1)OC(=O)C(=O)O2. The van der Waals surface area contributed by atoms with Gasteiger partial charge in [0.1, 0.15) is 11.3 Å². The van der Waals surface area contributed by atoms with E-state index in [4.69, 9.17) is 9.47 Å². The fourth-order valence-corrected chi connectivity index (χ4v) is 5.02. The molecule has 0 saturated carbocycles. The summed E-state index contributed by atoms with van der Waals surface area (Å²) in [5.41, 5.74) is 3.00. The highest BCUT2D eigenvalue weighted by Gasteiger charge is 2.38. The number of nitrogens with zero attached hydrogens (tertiary/aromatic N) is 2. The number of ketones is 1. The van der Waals surface area contributed by atoms with Gasteiger partial charge in [-0.3, -0.25) is 9.69 Å². The molecule has 0 spiro atoms. The van der Waals surface area contributed by atoms with Gasteiger partial charge in [0, 0.05) is 30.1 Å². The zero-order chi connectivity index (χ0) is 22.4. The van der Waals surface area contributed by atoms with Gasteiger partial charge in [0.2, 0.25) is 5.88 Å². The third-order valence-electron chi connectivity index (χ3n) is 6.67. The van der Waals surface area contributed by atoms with E-state index in [1.54, 1.807) is 6.92 Å². The Morgan fingerprint density at radius 3 is 2.44 bits per heavy atom. The van der Waals surface area contributed by atoms with Crippen molar-refractivity contribution in [2.24, 2.45) is 5.92 Å². The Labute approximate surface area is 185 Å². The molecular formula is C24H24N2O6. The van der Waals surface area contributed by atoms with Crippen molar-refractivity contribution in [2.45, 2.75) is 44.8 Å². The highest BCUT2D eigenvalue weighted by atomic mass is 16.6. The first-order chi connectivity index (χ1) is 15.4. The minimum absolute atomic E-state index is 0.0232. The average molecular weight is 436 g/mol. The number of rotatable bonds is 3. The van der Waals surface area contributed by atoms with Crippen molar-refractivity contribution in [1.82, 2.24) is 9.88 Å². The summed E-state index contributed by atoms with van der Waals surface area (Å²) in [4.78, 5) is 43.3. The van der Waals surface area contributed by atoms with Gasteiger partial charge in [-0.1, -0.05) is 24.3 Å². The molecule has 1 aromatic heterocycles. The Balaban J connectivity index is 1.31. The van der Waals surface area contributed by atoms with Gasteiger partial charge in [-0.25, -0.2) is 14.6 Å². The standard InChI is InChI=1S/C24H24N2O6/c1-13-10-19-20(22(25-13)32-24(30)23(29)31-19)21(28)14-6-8-26(9-7-14)17-11-15-4-2-3-5-16(15)12-18(17)27/h2-5,10,14,17-18,27H,6-9,11-12H2,1H3. The monoisotopic (exact) mass is 436 g/mol. The molecule has 1 N–H and O–H groups in total. The molecule has 2 bridgehead atoms. The van der Waals surface area contributed by atoms with Gasteiger partial charge in [0.25, 0.3) is 0 Å². The topological polar surface area (TPSA) is 106 Å². The summed E-state index contributed by atoms with van der Waals surface area (Å²) >= 11 is 0. The molecular weight excluding hydrogens is 412 g/mol. The zero-order valence-electron chi connectivity index (χ0n) is 17.7. The van der Waals surface area contributed by atoms with E-state index in [9.17, 15) is 19.5 Å². The molecule has 32 heavy (non-hydrogen) atoms. The van der Waals surface area contributed by atoms with Crippen LogP contribution in [0.1, 0.15) is 40.0 Å². The van der Waals surface area contributed by atoms with Crippen LogP contribution in [0.25, 0.3) is 0 Å². The fourth-order valence-electron chi connectivity index (χ4n) is 5.02. The van der Waals surface area contributed by atoms with E-state index in [0.717, 1.165) is 6.42 Å². The van der Waals surface area contributed by atoms with E-state index in [2.05, 4.69) is 22.0 Å². The van der Waals surface area contributed by atoms with Crippen molar-refractivity contribution in [3.8, 4) is 11.6 Å². The first-order valence-corrected chi connectivity index (χ1v) is 10.9. The molecule has 0 amide bonds. The second-order valence-electron chi connectivity index (χ2n) is 8.71. The molecule has 1 saturated heterocycles. The number of ether oxygens (including phenoxy) is 2. The van der Waals surface area contributed by atoms with E-state index in [0.29, 0.717) is 38.0 Å². The molecule has 1 aliphatic carbocycles. The molecule has 2 atom stereocenters. The minimum atomic E-state index is -1.19. The van der Waals surface area contributed by atoms with Crippen LogP contribution in [0.5, 0.6) is 11.6 Å². The maximum atomic E-state index is 13.3. The Morgan fingerprint density at radius 2 is 1.72 bits per heavy atom. The van der Waals surface area contributed by atoms with Crippen LogP contribution in [0, 0.1) is 12.8 Å². The van der Waals surface area contributed by atoms with Crippen molar-refractivity contribution >= 4 is 17.7 Å². The van der Waals surface area contributed by atoms with Crippen LogP contribution in [-0.2, 0) is 22.4 Å². The lowest BCUT2D eigenvalue weighted by atomic mass is 9.83. The van der Waals surface area contributed by atoms with E-state index in [1.165, 1.54) is 17.2 Å². The summed E-state index contributed by atoms with van der Waals surface area (Å²) in [5, 5.41) is 10.7. The van der Waals surface area contributed by atoms with Gasteiger partial charge in [0.05, 0.1) is 6.10 Å². The number of aliphatic hydroxyl groups is 1. The zero-order valence-corrected chi connectivity index (χ0v) is 17.7. The Bertz CT molecular complexity index is 1070. The van der Waals surface area contributed by atoms with Crippen LogP contribution >= 0.6 is 0 Å². The smallest absolute Gasteiger partial charge is 0.417 e. The number of esters is 2. The van der Waals surface area contributed by atoms with Crippen molar-refractivity contribution < 1.29 is 29.0 Å². The number of aliphatic hydroxyl groups excluding tert-OH is 1. The molecule has 8 nitrogen and oxygen atoms in total. The van der Waals surface area contributed by atoms with Crippen LogP contribution in [0.4, 0.5) is 0 Å². The van der Waals surface area contributed by atoms with Gasteiger partial charge >= 0.3 is 11.9 Å². The van der Waals surface area contributed by atoms with Crippen molar-refractivity contribution in [3.05, 3.63) is 52.7 Å². The molecule has 0 radical (unpaired) electrons.